The molecule has 0 fully saturated rings. The quantitative estimate of drug-likeness (QED) is 0.668. The highest BCUT2D eigenvalue weighted by molar-refractivity contribution is 5.92. The van der Waals surface area contributed by atoms with Crippen LogP contribution in [0.2, 0.25) is 0 Å². The lowest BCUT2D eigenvalue weighted by Crippen LogP contribution is -1.97. The molecule has 4 heteroatoms. The van der Waals surface area contributed by atoms with E-state index < -0.39 is 0 Å². The lowest BCUT2D eigenvalue weighted by molar-refractivity contribution is 0.521. The van der Waals surface area contributed by atoms with Crippen LogP contribution in [0.1, 0.15) is 5.56 Å². The molecule has 0 spiro atoms. The molecule has 3 aromatic rings. The number of nitrogens with zero attached hydrogens (tertiary/aromatic N) is 1. The van der Waals surface area contributed by atoms with Crippen molar-refractivity contribution in [3.8, 4) is 11.3 Å². The van der Waals surface area contributed by atoms with E-state index in [2.05, 4.69) is 10.2 Å². The summed E-state index contributed by atoms with van der Waals surface area (Å²) in [6, 6.07) is 11.7. The summed E-state index contributed by atoms with van der Waals surface area (Å²) >= 11 is 0. The van der Waals surface area contributed by atoms with Crippen LogP contribution in [0.25, 0.3) is 22.4 Å². The van der Waals surface area contributed by atoms with Crippen LogP contribution in [0.5, 0.6) is 0 Å². The fraction of sp³-hybridized carbons (Fsp3) is 0.0769. The number of fused-ring (bicyclic) bond motifs is 1. The Hall–Kier alpha value is -2.36. The van der Waals surface area contributed by atoms with Crippen LogP contribution in [0.15, 0.2) is 40.8 Å². The van der Waals surface area contributed by atoms with Gasteiger partial charge in [-0.25, -0.2) is 0 Å². The average molecular weight is 225 g/mol. The van der Waals surface area contributed by atoms with E-state index in [1.807, 2.05) is 37.3 Å². The second kappa shape index (κ2) is 3.59. The van der Waals surface area contributed by atoms with Crippen molar-refractivity contribution in [3.63, 3.8) is 0 Å². The third-order valence-corrected chi connectivity index (χ3v) is 2.74. The Balaban J connectivity index is 2.36. The highest BCUT2D eigenvalue weighted by Gasteiger charge is 2.11. The molecule has 84 valence electrons. The topological polar surface area (TPSA) is 65.7 Å². The minimum atomic E-state index is 0.126. The molecule has 0 aliphatic heterocycles. The summed E-state index contributed by atoms with van der Waals surface area (Å²) in [5, 5.41) is 15.5. The zero-order valence-corrected chi connectivity index (χ0v) is 9.32. The SMILES string of the molecule is Cc1cc(=N)oc2n[nH]c(-c3ccccc3)c12. The summed E-state index contributed by atoms with van der Waals surface area (Å²) in [7, 11) is 0. The van der Waals surface area contributed by atoms with Crippen molar-refractivity contribution in [3.05, 3.63) is 47.5 Å². The Morgan fingerprint density at radius 3 is 2.76 bits per heavy atom. The summed E-state index contributed by atoms with van der Waals surface area (Å²) in [5.74, 6) is 0. The maximum atomic E-state index is 7.51. The van der Waals surface area contributed by atoms with Gasteiger partial charge in [0.25, 0.3) is 0 Å². The van der Waals surface area contributed by atoms with Gasteiger partial charge >= 0.3 is 0 Å². The molecule has 1 aromatic carbocycles. The van der Waals surface area contributed by atoms with Crippen LogP contribution in [0.3, 0.4) is 0 Å². The van der Waals surface area contributed by atoms with E-state index in [-0.39, 0.29) is 5.55 Å². The van der Waals surface area contributed by atoms with Gasteiger partial charge in [-0.05, 0) is 12.5 Å². The van der Waals surface area contributed by atoms with Gasteiger partial charge in [0.05, 0.1) is 11.1 Å². The van der Waals surface area contributed by atoms with Gasteiger partial charge in [-0.2, -0.15) is 0 Å². The second-order valence-electron chi connectivity index (χ2n) is 3.94. The third kappa shape index (κ3) is 1.54. The van der Waals surface area contributed by atoms with Crippen molar-refractivity contribution in [1.29, 1.82) is 5.41 Å². The highest BCUT2D eigenvalue weighted by atomic mass is 16.3. The molecule has 0 aliphatic carbocycles. The zero-order valence-electron chi connectivity index (χ0n) is 9.32. The van der Waals surface area contributed by atoms with Gasteiger partial charge in [-0.3, -0.25) is 10.5 Å². The first-order chi connectivity index (χ1) is 8.25. The molecule has 2 N–H and O–H groups in total. The molecule has 0 aliphatic rings. The van der Waals surface area contributed by atoms with Crippen LogP contribution in [0.4, 0.5) is 0 Å². The van der Waals surface area contributed by atoms with E-state index in [9.17, 15) is 0 Å². The standard InChI is InChI=1S/C13H11N3O/c1-8-7-10(14)17-13-11(8)12(15-16-13)9-5-3-2-4-6-9/h2-7,14H,1H3,(H,15,16). The zero-order chi connectivity index (χ0) is 11.8. The van der Waals surface area contributed by atoms with E-state index in [1.165, 1.54) is 0 Å². The molecular formula is C13H11N3O. The molecule has 2 heterocycles. The Kier molecular flexibility index (Phi) is 2.08. The first-order valence-corrected chi connectivity index (χ1v) is 5.34. The Morgan fingerprint density at radius 1 is 1.24 bits per heavy atom. The lowest BCUT2D eigenvalue weighted by Gasteiger charge is -1.99. The van der Waals surface area contributed by atoms with Gasteiger partial charge < -0.3 is 4.42 Å². The number of H-pyrrole nitrogens is 1. The van der Waals surface area contributed by atoms with E-state index in [1.54, 1.807) is 6.07 Å². The molecule has 4 nitrogen and oxygen atoms in total. The van der Waals surface area contributed by atoms with Crippen molar-refractivity contribution in [2.75, 3.05) is 0 Å². The minimum absolute atomic E-state index is 0.126. The highest BCUT2D eigenvalue weighted by Crippen LogP contribution is 2.27. The van der Waals surface area contributed by atoms with E-state index in [0.29, 0.717) is 5.71 Å². The molecule has 0 radical (unpaired) electrons. The van der Waals surface area contributed by atoms with Gasteiger partial charge in [0.1, 0.15) is 0 Å². The number of aromatic amines is 1. The number of aromatic nitrogens is 2. The summed E-state index contributed by atoms with van der Waals surface area (Å²) in [4.78, 5) is 0. The predicted molar refractivity (Wildman–Crippen MR) is 64.4 cm³/mol. The Bertz CT molecular complexity index is 725. The van der Waals surface area contributed by atoms with Crippen molar-refractivity contribution in [2.45, 2.75) is 6.92 Å². The van der Waals surface area contributed by atoms with Crippen molar-refractivity contribution in [2.24, 2.45) is 0 Å². The molecule has 2 aromatic heterocycles. The number of rotatable bonds is 1. The third-order valence-electron chi connectivity index (χ3n) is 2.74. The van der Waals surface area contributed by atoms with Crippen molar-refractivity contribution < 1.29 is 4.42 Å². The van der Waals surface area contributed by atoms with Crippen LogP contribution < -0.4 is 5.55 Å². The van der Waals surface area contributed by atoms with Gasteiger partial charge in [0, 0.05) is 11.6 Å². The molecule has 0 unspecified atom stereocenters. The number of nitrogens with one attached hydrogen (secondary N) is 2. The monoisotopic (exact) mass is 225 g/mol. The first-order valence-electron chi connectivity index (χ1n) is 5.34. The molecule has 0 amide bonds. The van der Waals surface area contributed by atoms with Gasteiger partial charge in [-0.1, -0.05) is 30.3 Å². The minimum Gasteiger partial charge on any atom is -0.419 e. The normalized spacial score (nSPS) is 10.9. The van der Waals surface area contributed by atoms with Crippen LogP contribution in [-0.4, -0.2) is 10.2 Å². The Labute approximate surface area is 97.4 Å². The number of benzene rings is 1. The summed E-state index contributed by atoms with van der Waals surface area (Å²) < 4.78 is 5.27. The van der Waals surface area contributed by atoms with E-state index in [0.717, 1.165) is 22.2 Å². The maximum absolute atomic E-state index is 7.51. The van der Waals surface area contributed by atoms with Gasteiger partial charge in [-0.15, -0.1) is 5.10 Å². The van der Waals surface area contributed by atoms with Crippen molar-refractivity contribution >= 4 is 11.1 Å². The molecule has 17 heavy (non-hydrogen) atoms. The van der Waals surface area contributed by atoms with Crippen LogP contribution >= 0.6 is 0 Å². The van der Waals surface area contributed by atoms with Crippen LogP contribution in [-0.2, 0) is 0 Å². The Morgan fingerprint density at radius 2 is 2.00 bits per heavy atom. The summed E-state index contributed by atoms with van der Waals surface area (Å²) in [5.41, 5.74) is 3.59. The van der Waals surface area contributed by atoms with Gasteiger partial charge in [0.2, 0.25) is 11.3 Å². The maximum Gasteiger partial charge on any atom is 0.247 e. The fourth-order valence-electron chi connectivity index (χ4n) is 1.98. The van der Waals surface area contributed by atoms with E-state index in [4.69, 9.17) is 9.83 Å². The first kappa shape index (κ1) is 9.84. The molecular weight excluding hydrogens is 214 g/mol. The number of hydrogen-bond acceptors (Lipinski definition) is 3. The molecule has 0 atom stereocenters. The number of hydrogen-bond donors (Lipinski definition) is 2. The summed E-state index contributed by atoms with van der Waals surface area (Å²) in [6.07, 6.45) is 0. The molecule has 0 saturated heterocycles. The average Bonchev–Trinajstić information content (AvgIpc) is 2.74. The smallest absolute Gasteiger partial charge is 0.247 e. The predicted octanol–water partition coefficient (Wildman–Crippen LogP) is 2.61. The van der Waals surface area contributed by atoms with Crippen molar-refractivity contribution in [1.82, 2.24) is 10.2 Å². The van der Waals surface area contributed by atoms with Gasteiger partial charge in [0.15, 0.2) is 0 Å². The largest absolute Gasteiger partial charge is 0.419 e. The van der Waals surface area contributed by atoms with Crippen LogP contribution in [0, 0.1) is 12.3 Å². The number of aryl methyl sites for hydroxylation is 1. The molecule has 0 bridgehead atoms. The molecule has 3 rings (SSSR count). The van der Waals surface area contributed by atoms with E-state index >= 15 is 0 Å². The fourth-order valence-corrected chi connectivity index (χ4v) is 1.98. The molecule has 0 saturated carbocycles. The lowest BCUT2D eigenvalue weighted by atomic mass is 10.1. The summed E-state index contributed by atoms with van der Waals surface area (Å²) in [6.45, 7) is 1.96. The second-order valence-corrected chi connectivity index (χ2v) is 3.94.